The summed E-state index contributed by atoms with van der Waals surface area (Å²) >= 11 is 6.09. The van der Waals surface area contributed by atoms with Gasteiger partial charge in [0.1, 0.15) is 5.75 Å². The fourth-order valence-electron chi connectivity index (χ4n) is 1.81. The van der Waals surface area contributed by atoms with Gasteiger partial charge in [-0.1, -0.05) is 18.5 Å². The van der Waals surface area contributed by atoms with Gasteiger partial charge in [-0.15, -0.1) is 0 Å². The molecule has 0 saturated carbocycles. The highest BCUT2D eigenvalue weighted by Gasteiger charge is 2.11. The highest BCUT2D eigenvalue weighted by molar-refractivity contribution is 6.31. The van der Waals surface area contributed by atoms with Crippen LogP contribution in [-0.4, -0.2) is 33.8 Å². The summed E-state index contributed by atoms with van der Waals surface area (Å²) in [5.74, 6) is 0.897. The Morgan fingerprint density at radius 3 is 2.71 bits per heavy atom. The molecule has 0 amide bonds. The summed E-state index contributed by atoms with van der Waals surface area (Å²) in [5.41, 5.74) is 2.10. The molecule has 17 heavy (non-hydrogen) atoms. The molecule has 0 saturated heterocycles. The number of ether oxygens (including phenoxy) is 1. The molecule has 0 spiro atoms. The van der Waals surface area contributed by atoms with Gasteiger partial charge in [-0.05, 0) is 31.2 Å². The van der Waals surface area contributed by atoms with Crippen molar-refractivity contribution >= 4 is 17.3 Å². The Hall–Kier alpha value is -0.930. The van der Waals surface area contributed by atoms with E-state index < -0.39 is 0 Å². The molecule has 0 aromatic heterocycles. The molecular formula is C13H21ClN2O. The molecule has 0 aliphatic rings. The SMILES string of the molecule is CCNCCN(C)c1cc(Cl)cc(C)c1OC. The largest absolute Gasteiger partial charge is 0.494 e. The number of hydrogen-bond donors (Lipinski definition) is 1. The Bertz CT molecular complexity index is 369. The van der Waals surface area contributed by atoms with Crippen molar-refractivity contribution in [1.82, 2.24) is 5.32 Å². The Labute approximate surface area is 109 Å². The monoisotopic (exact) mass is 256 g/mol. The second-order valence-electron chi connectivity index (χ2n) is 4.05. The molecule has 96 valence electrons. The summed E-state index contributed by atoms with van der Waals surface area (Å²) < 4.78 is 5.44. The van der Waals surface area contributed by atoms with Crippen LogP contribution in [0.4, 0.5) is 5.69 Å². The lowest BCUT2D eigenvalue weighted by Crippen LogP contribution is -2.29. The van der Waals surface area contributed by atoms with Crippen LogP contribution in [0.1, 0.15) is 12.5 Å². The minimum Gasteiger partial charge on any atom is -0.494 e. The molecule has 3 nitrogen and oxygen atoms in total. The average molecular weight is 257 g/mol. The van der Waals surface area contributed by atoms with Gasteiger partial charge in [0.15, 0.2) is 0 Å². The van der Waals surface area contributed by atoms with Gasteiger partial charge >= 0.3 is 0 Å². The zero-order valence-electron chi connectivity index (χ0n) is 11.0. The number of nitrogens with zero attached hydrogens (tertiary/aromatic N) is 1. The first-order valence-corrected chi connectivity index (χ1v) is 6.24. The summed E-state index contributed by atoms with van der Waals surface area (Å²) in [5, 5.41) is 4.04. The Morgan fingerprint density at radius 2 is 2.12 bits per heavy atom. The van der Waals surface area contributed by atoms with Crippen LogP contribution in [0.5, 0.6) is 5.75 Å². The van der Waals surface area contributed by atoms with Crippen LogP contribution in [0.25, 0.3) is 0 Å². The summed E-state index contributed by atoms with van der Waals surface area (Å²) in [6, 6.07) is 3.86. The Morgan fingerprint density at radius 1 is 1.41 bits per heavy atom. The van der Waals surface area contributed by atoms with Crippen molar-refractivity contribution < 1.29 is 4.74 Å². The van der Waals surface area contributed by atoms with E-state index in [1.165, 1.54) is 0 Å². The Kier molecular flexibility index (Phi) is 5.59. The lowest BCUT2D eigenvalue weighted by Gasteiger charge is -2.23. The lowest BCUT2D eigenvalue weighted by molar-refractivity contribution is 0.411. The topological polar surface area (TPSA) is 24.5 Å². The van der Waals surface area contributed by atoms with E-state index >= 15 is 0 Å². The van der Waals surface area contributed by atoms with Crippen molar-refractivity contribution in [3.8, 4) is 5.75 Å². The number of halogens is 1. The van der Waals surface area contributed by atoms with Crippen LogP contribution in [0.3, 0.4) is 0 Å². The first-order chi connectivity index (χ1) is 8.10. The quantitative estimate of drug-likeness (QED) is 0.792. The van der Waals surface area contributed by atoms with Crippen molar-refractivity contribution in [2.24, 2.45) is 0 Å². The van der Waals surface area contributed by atoms with Gasteiger partial charge in [-0.3, -0.25) is 0 Å². The third-order valence-electron chi connectivity index (χ3n) is 2.71. The van der Waals surface area contributed by atoms with Gasteiger partial charge in [0.2, 0.25) is 0 Å². The fourth-order valence-corrected chi connectivity index (χ4v) is 2.07. The van der Waals surface area contributed by atoms with E-state index in [2.05, 4.69) is 17.1 Å². The zero-order valence-corrected chi connectivity index (χ0v) is 11.8. The second kappa shape index (κ2) is 6.72. The maximum absolute atomic E-state index is 6.09. The lowest BCUT2D eigenvalue weighted by atomic mass is 10.2. The summed E-state index contributed by atoms with van der Waals surface area (Å²) in [6.07, 6.45) is 0. The molecule has 1 N–H and O–H groups in total. The maximum Gasteiger partial charge on any atom is 0.145 e. The summed E-state index contributed by atoms with van der Waals surface area (Å²) in [7, 11) is 3.74. The van der Waals surface area contributed by atoms with Gasteiger partial charge in [-0.25, -0.2) is 0 Å². The number of nitrogens with one attached hydrogen (secondary N) is 1. The first kappa shape index (κ1) is 14.1. The maximum atomic E-state index is 6.09. The number of hydrogen-bond acceptors (Lipinski definition) is 3. The number of methoxy groups -OCH3 is 1. The van der Waals surface area contributed by atoms with E-state index in [1.807, 2.05) is 26.1 Å². The summed E-state index contributed by atoms with van der Waals surface area (Å²) in [4.78, 5) is 2.15. The fraction of sp³-hybridized carbons (Fsp3) is 0.538. The normalized spacial score (nSPS) is 10.4. The molecule has 0 fully saturated rings. The molecule has 0 radical (unpaired) electrons. The van der Waals surface area contributed by atoms with Crippen molar-refractivity contribution in [3.05, 3.63) is 22.7 Å². The average Bonchev–Trinajstić information content (AvgIpc) is 2.28. The highest BCUT2D eigenvalue weighted by atomic mass is 35.5. The third kappa shape index (κ3) is 3.79. The molecule has 0 aliphatic carbocycles. The highest BCUT2D eigenvalue weighted by Crippen LogP contribution is 2.34. The summed E-state index contributed by atoms with van der Waals surface area (Å²) in [6.45, 7) is 6.96. The second-order valence-corrected chi connectivity index (χ2v) is 4.49. The molecular weight excluding hydrogens is 236 g/mol. The molecule has 0 atom stereocenters. The van der Waals surface area contributed by atoms with Gasteiger partial charge in [0.25, 0.3) is 0 Å². The standard InChI is InChI=1S/C13H21ClN2O/c1-5-15-6-7-16(3)12-9-11(14)8-10(2)13(12)17-4/h8-9,15H,5-7H2,1-4H3. The van der Waals surface area contributed by atoms with Gasteiger partial charge in [0, 0.05) is 25.2 Å². The predicted octanol–water partition coefficient (Wildman–Crippen LogP) is 2.70. The van der Waals surface area contributed by atoms with Gasteiger partial charge in [-0.2, -0.15) is 0 Å². The van der Waals surface area contributed by atoms with Crippen LogP contribution >= 0.6 is 11.6 Å². The molecule has 0 aliphatic heterocycles. The minimum atomic E-state index is 0.744. The van der Waals surface area contributed by atoms with Crippen molar-refractivity contribution in [2.75, 3.05) is 38.7 Å². The third-order valence-corrected chi connectivity index (χ3v) is 2.93. The molecule has 0 heterocycles. The number of aryl methyl sites for hydroxylation is 1. The smallest absolute Gasteiger partial charge is 0.145 e. The van der Waals surface area contributed by atoms with E-state index in [4.69, 9.17) is 16.3 Å². The van der Waals surface area contributed by atoms with E-state index in [0.29, 0.717) is 0 Å². The van der Waals surface area contributed by atoms with Crippen LogP contribution in [0, 0.1) is 6.92 Å². The minimum absolute atomic E-state index is 0.744. The molecule has 1 rings (SSSR count). The van der Waals surface area contributed by atoms with Crippen molar-refractivity contribution in [2.45, 2.75) is 13.8 Å². The van der Waals surface area contributed by atoms with Gasteiger partial charge in [0.05, 0.1) is 12.8 Å². The van der Waals surface area contributed by atoms with Crippen LogP contribution in [-0.2, 0) is 0 Å². The molecule has 0 unspecified atom stereocenters. The number of likely N-dealkylation sites (N-methyl/N-ethyl adjacent to an activating group) is 2. The number of rotatable bonds is 6. The molecule has 1 aromatic carbocycles. The predicted molar refractivity (Wildman–Crippen MR) is 74.6 cm³/mol. The van der Waals surface area contributed by atoms with E-state index in [9.17, 15) is 0 Å². The van der Waals surface area contributed by atoms with E-state index in [0.717, 1.165) is 41.7 Å². The van der Waals surface area contributed by atoms with Crippen molar-refractivity contribution in [1.29, 1.82) is 0 Å². The van der Waals surface area contributed by atoms with Crippen LogP contribution in [0.2, 0.25) is 5.02 Å². The van der Waals surface area contributed by atoms with Crippen molar-refractivity contribution in [3.63, 3.8) is 0 Å². The first-order valence-electron chi connectivity index (χ1n) is 5.86. The Balaban J connectivity index is 2.87. The van der Waals surface area contributed by atoms with Crippen LogP contribution < -0.4 is 15.0 Å². The van der Waals surface area contributed by atoms with Gasteiger partial charge < -0.3 is 15.0 Å². The molecule has 4 heteroatoms. The van der Waals surface area contributed by atoms with Crippen LogP contribution in [0.15, 0.2) is 12.1 Å². The van der Waals surface area contributed by atoms with E-state index in [1.54, 1.807) is 7.11 Å². The molecule has 1 aromatic rings. The number of anilines is 1. The van der Waals surface area contributed by atoms with E-state index in [-0.39, 0.29) is 0 Å². The zero-order chi connectivity index (χ0) is 12.8. The molecule has 0 bridgehead atoms. The number of benzene rings is 1.